The Balaban J connectivity index is 2.25. The lowest BCUT2D eigenvalue weighted by Crippen LogP contribution is -2.41. The van der Waals surface area contributed by atoms with E-state index in [1.54, 1.807) is 17.0 Å². The molecule has 1 saturated heterocycles. The van der Waals surface area contributed by atoms with Gasteiger partial charge in [-0.15, -0.1) is 0 Å². The highest BCUT2D eigenvalue weighted by Crippen LogP contribution is 2.19. The molecular weight excluding hydrogens is 256 g/mol. The van der Waals surface area contributed by atoms with Crippen molar-refractivity contribution < 1.29 is 17.9 Å². The zero-order valence-corrected chi connectivity index (χ0v) is 10.7. The summed E-state index contributed by atoms with van der Waals surface area (Å²) in [6, 6.07) is 6.19. The summed E-state index contributed by atoms with van der Waals surface area (Å²) in [7, 11) is -2.08. The van der Waals surface area contributed by atoms with Crippen LogP contribution in [0.1, 0.15) is 0 Å². The van der Waals surface area contributed by atoms with Gasteiger partial charge in [0.2, 0.25) is 10.0 Å². The second kappa shape index (κ2) is 5.05. The maximum atomic E-state index is 11.6. The van der Waals surface area contributed by atoms with Crippen molar-refractivity contribution in [2.45, 2.75) is 4.90 Å². The number of anilines is 1. The minimum absolute atomic E-state index is 0.0660. The Hall–Kier alpha value is -1.44. The van der Waals surface area contributed by atoms with Crippen LogP contribution >= 0.6 is 0 Å². The number of rotatable bonds is 3. The molecule has 1 N–H and O–H groups in total. The van der Waals surface area contributed by atoms with Crippen molar-refractivity contribution >= 4 is 21.6 Å². The van der Waals surface area contributed by atoms with Gasteiger partial charge in [0.25, 0.3) is 5.91 Å². The monoisotopic (exact) mass is 270 g/mol. The predicted molar refractivity (Wildman–Crippen MR) is 65.9 cm³/mol. The number of ether oxygens (including phenoxy) is 1. The minimum atomic E-state index is -3.44. The molecule has 0 bridgehead atoms. The molecule has 18 heavy (non-hydrogen) atoms. The maximum Gasteiger partial charge on any atom is 0.253 e. The number of hydrogen-bond donors (Lipinski definition) is 1. The molecule has 1 aromatic rings. The normalized spacial score (nSPS) is 16.9. The molecule has 0 aliphatic carbocycles. The first-order valence-electron chi connectivity index (χ1n) is 5.46. The second-order valence-electron chi connectivity index (χ2n) is 3.80. The maximum absolute atomic E-state index is 11.6. The van der Waals surface area contributed by atoms with E-state index in [2.05, 4.69) is 4.72 Å². The average Bonchev–Trinajstić information content (AvgIpc) is 2.39. The lowest BCUT2D eigenvalue weighted by Gasteiger charge is -2.26. The van der Waals surface area contributed by atoms with Gasteiger partial charge in [-0.05, 0) is 31.3 Å². The van der Waals surface area contributed by atoms with Gasteiger partial charge in [-0.2, -0.15) is 0 Å². The first kappa shape index (κ1) is 13.0. The highest BCUT2D eigenvalue weighted by atomic mass is 32.2. The van der Waals surface area contributed by atoms with Crippen LogP contribution in [0.3, 0.4) is 0 Å². The van der Waals surface area contributed by atoms with E-state index in [1.165, 1.54) is 19.2 Å². The van der Waals surface area contributed by atoms with Crippen LogP contribution in [-0.4, -0.2) is 41.1 Å². The van der Waals surface area contributed by atoms with E-state index in [0.717, 1.165) is 0 Å². The number of sulfonamides is 1. The molecule has 1 amide bonds. The van der Waals surface area contributed by atoms with Gasteiger partial charge in [0, 0.05) is 12.2 Å². The molecular formula is C11H14N2O4S. The fourth-order valence-corrected chi connectivity index (χ4v) is 2.44. The molecule has 0 radical (unpaired) electrons. The van der Waals surface area contributed by atoms with Gasteiger partial charge < -0.3 is 9.64 Å². The van der Waals surface area contributed by atoms with Crippen molar-refractivity contribution in [1.82, 2.24) is 4.72 Å². The molecule has 0 saturated carbocycles. The minimum Gasteiger partial charge on any atom is -0.370 e. The van der Waals surface area contributed by atoms with E-state index in [-0.39, 0.29) is 17.4 Å². The van der Waals surface area contributed by atoms with Gasteiger partial charge in [-0.25, -0.2) is 13.1 Å². The van der Waals surface area contributed by atoms with Crippen LogP contribution in [0.4, 0.5) is 5.69 Å². The number of amides is 1. The van der Waals surface area contributed by atoms with E-state index < -0.39 is 10.0 Å². The number of carbonyl (C=O) groups is 1. The summed E-state index contributed by atoms with van der Waals surface area (Å²) in [6.45, 7) is 1.04. The van der Waals surface area contributed by atoms with Crippen molar-refractivity contribution in [3.63, 3.8) is 0 Å². The first-order chi connectivity index (χ1) is 8.54. The van der Waals surface area contributed by atoms with Gasteiger partial charge in [-0.1, -0.05) is 0 Å². The fourth-order valence-electron chi connectivity index (χ4n) is 1.71. The third-order valence-electron chi connectivity index (χ3n) is 2.71. The van der Waals surface area contributed by atoms with Crippen molar-refractivity contribution in [1.29, 1.82) is 0 Å². The first-order valence-corrected chi connectivity index (χ1v) is 6.94. The zero-order valence-electron chi connectivity index (χ0n) is 9.92. The molecule has 2 rings (SSSR count). The second-order valence-corrected chi connectivity index (χ2v) is 5.69. The van der Waals surface area contributed by atoms with Crippen LogP contribution in [-0.2, 0) is 19.6 Å². The van der Waals surface area contributed by atoms with Crippen molar-refractivity contribution in [2.75, 3.05) is 31.7 Å². The highest BCUT2D eigenvalue weighted by molar-refractivity contribution is 7.89. The number of morpholine rings is 1. The summed E-state index contributed by atoms with van der Waals surface area (Å²) < 4.78 is 30.4. The number of carbonyl (C=O) groups excluding carboxylic acids is 1. The zero-order chi connectivity index (χ0) is 13.2. The van der Waals surface area contributed by atoms with E-state index in [1.807, 2.05) is 0 Å². The quantitative estimate of drug-likeness (QED) is 0.836. The molecule has 1 aromatic carbocycles. The van der Waals surface area contributed by atoms with Gasteiger partial charge in [-0.3, -0.25) is 4.79 Å². The summed E-state index contributed by atoms with van der Waals surface area (Å²) >= 11 is 0. The molecule has 0 aromatic heterocycles. The average molecular weight is 270 g/mol. The Labute approximate surface area is 106 Å². The largest absolute Gasteiger partial charge is 0.370 e. The third kappa shape index (κ3) is 2.53. The Morgan fingerprint density at radius 2 is 1.94 bits per heavy atom. The van der Waals surface area contributed by atoms with Gasteiger partial charge in [0.15, 0.2) is 0 Å². The number of benzene rings is 1. The van der Waals surface area contributed by atoms with Crippen LogP contribution in [0.5, 0.6) is 0 Å². The topological polar surface area (TPSA) is 75.7 Å². The lowest BCUT2D eigenvalue weighted by atomic mass is 10.2. The molecule has 0 spiro atoms. The van der Waals surface area contributed by atoms with E-state index >= 15 is 0 Å². The molecule has 7 heteroatoms. The molecule has 1 heterocycles. The van der Waals surface area contributed by atoms with Gasteiger partial charge >= 0.3 is 0 Å². The standard InChI is InChI=1S/C11H14N2O4S/c1-12-18(15,16)10-4-2-9(3-5-10)13-6-7-17-8-11(13)14/h2-5,12H,6-8H2,1H3. The Morgan fingerprint density at radius 3 is 2.50 bits per heavy atom. The Morgan fingerprint density at radius 1 is 1.28 bits per heavy atom. The SMILES string of the molecule is CNS(=O)(=O)c1ccc(N2CCOCC2=O)cc1. The fraction of sp³-hybridized carbons (Fsp3) is 0.364. The van der Waals surface area contributed by atoms with E-state index in [4.69, 9.17) is 4.74 Å². The summed E-state index contributed by atoms with van der Waals surface area (Å²) in [6.07, 6.45) is 0. The molecule has 98 valence electrons. The molecule has 1 fully saturated rings. The summed E-state index contributed by atoms with van der Waals surface area (Å²) in [5.41, 5.74) is 0.679. The highest BCUT2D eigenvalue weighted by Gasteiger charge is 2.20. The van der Waals surface area contributed by atoms with Crippen LogP contribution in [0.2, 0.25) is 0 Å². The van der Waals surface area contributed by atoms with Crippen LogP contribution in [0, 0.1) is 0 Å². The molecule has 1 aliphatic heterocycles. The van der Waals surface area contributed by atoms with Crippen molar-refractivity contribution in [3.05, 3.63) is 24.3 Å². The Kier molecular flexibility index (Phi) is 3.65. The Bertz CT molecular complexity index is 539. The van der Waals surface area contributed by atoms with Crippen LogP contribution in [0.25, 0.3) is 0 Å². The molecule has 0 atom stereocenters. The summed E-state index contributed by atoms with van der Waals surface area (Å²) in [4.78, 5) is 13.4. The summed E-state index contributed by atoms with van der Waals surface area (Å²) in [5, 5.41) is 0. The number of hydrogen-bond acceptors (Lipinski definition) is 4. The van der Waals surface area contributed by atoms with E-state index in [9.17, 15) is 13.2 Å². The number of nitrogens with zero attached hydrogens (tertiary/aromatic N) is 1. The van der Waals surface area contributed by atoms with Crippen LogP contribution < -0.4 is 9.62 Å². The van der Waals surface area contributed by atoms with Crippen molar-refractivity contribution in [2.24, 2.45) is 0 Å². The molecule has 0 unspecified atom stereocenters. The van der Waals surface area contributed by atoms with Gasteiger partial charge in [0.1, 0.15) is 6.61 Å². The summed E-state index contributed by atoms with van der Waals surface area (Å²) in [5.74, 6) is -0.120. The number of nitrogens with one attached hydrogen (secondary N) is 1. The van der Waals surface area contributed by atoms with E-state index in [0.29, 0.717) is 18.8 Å². The lowest BCUT2D eigenvalue weighted by molar-refractivity contribution is -0.125. The molecule has 1 aliphatic rings. The van der Waals surface area contributed by atoms with Crippen LogP contribution in [0.15, 0.2) is 29.2 Å². The predicted octanol–water partition coefficient (Wildman–Crippen LogP) is -0.0421. The third-order valence-corrected chi connectivity index (χ3v) is 4.14. The smallest absolute Gasteiger partial charge is 0.253 e. The van der Waals surface area contributed by atoms with Gasteiger partial charge in [0.05, 0.1) is 11.5 Å². The van der Waals surface area contributed by atoms with Crippen molar-refractivity contribution in [3.8, 4) is 0 Å². The molecule has 6 nitrogen and oxygen atoms in total.